The van der Waals surface area contributed by atoms with Crippen molar-refractivity contribution < 1.29 is 22.0 Å². The summed E-state index contributed by atoms with van der Waals surface area (Å²) in [5, 5.41) is 0. The van der Waals surface area contributed by atoms with Crippen molar-refractivity contribution in [2.45, 2.75) is 51.4 Å². The van der Waals surface area contributed by atoms with Gasteiger partial charge in [-0.2, -0.15) is 0 Å². The third-order valence-electron chi connectivity index (χ3n) is 6.14. The van der Waals surface area contributed by atoms with Gasteiger partial charge in [0.05, 0.1) is 0 Å². The fraction of sp³-hybridized carbons (Fsp3) is 0.286. The van der Waals surface area contributed by atoms with Crippen LogP contribution >= 0.6 is 0 Å². The Kier molecular flexibility index (Phi) is 6.83. The van der Waals surface area contributed by atoms with E-state index in [0.717, 1.165) is 36.1 Å². The number of aryl methyl sites for hydroxylation is 2. The zero-order valence-electron chi connectivity index (χ0n) is 18.3. The van der Waals surface area contributed by atoms with Crippen LogP contribution in [0.2, 0.25) is 0 Å². The van der Waals surface area contributed by atoms with Gasteiger partial charge < -0.3 is 0 Å². The van der Waals surface area contributed by atoms with Crippen LogP contribution in [-0.4, -0.2) is 0 Å². The molecule has 0 bridgehead atoms. The lowest BCUT2D eigenvalue weighted by atomic mass is 9.79. The average Bonchev–Trinajstić information content (AvgIpc) is 2.79. The minimum Gasteiger partial charge on any atom is -0.207 e. The minimum absolute atomic E-state index is 0.0394. The molecule has 3 aromatic carbocycles. The molecule has 5 heteroatoms. The van der Waals surface area contributed by atoms with Crippen LogP contribution in [-0.2, 0) is 19.3 Å². The third-order valence-corrected chi connectivity index (χ3v) is 6.14. The summed E-state index contributed by atoms with van der Waals surface area (Å²) in [5.41, 5.74) is 3.58. The summed E-state index contributed by atoms with van der Waals surface area (Å²) >= 11 is 0. The summed E-state index contributed by atoms with van der Waals surface area (Å²) in [6, 6.07) is 10.2. The lowest BCUT2D eigenvalue weighted by molar-refractivity contribution is 0.446. The highest BCUT2D eigenvalue weighted by Gasteiger charge is 2.26. The van der Waals surface area contributed by atoms with Gasteiger partial charge in [0.25, 0.3) is 0 Å². The lowest BCUT2D eigenvalue weighted by Gasteiger charge is -2.26. The number of benzene rings is 3. The lowest BCUT2D eigenvalue weighted by Crippen LogP contribution is -2.16. The predicted molar refractivity (Wildman–Crippen MR) is 118 cm³/mol. The fourth-order valence-electron chi connectivity index (χ4n) is 4.40. The normalized spacial score (nSPS) is 15.0. The summed E-state index contributed by atoms with van der Waals surface area (Å²) in [4.78, 5) is 0. The summed E-state index contributed by atoms with van der Waals surface area (Å²) < 4.78 is 69.4. The Balaban J connectivity index is 1.53. The highest BCUT2D eigenvalue weighted by molar-refractivity contribution is 5.47. The summed E-state index contributed by atoms with van der Waals surface area (Å²) in [6.45, 7) is 2.04. The van der Waals surface area contributed by atoms with E-state index >= 15 is 0 Å². The van der Waals surface area contributed by atoms with Gasteiger partial charge in [0.15, 0.2) is 17.5 Å². The molecule has 33 heavy (non-hydrogen) atoms. The van der Waals surface area contributed by atoms with E-state index in [-0.39, 0.29) is 17.0 Å². The van der Waals surface area contributed by atoms with Crippen molar-refractivity contribution in [3.8, 4) is 11.8 Å². The van der Waals surface area contributed by atoms with E-state index in [1.807, 2.05) is 19.1 Å². The molecular weight excluding hydrogens is 431 g/mol. The van der Waals surface area contributed by atoms with Crippen molar-refractivity contribution in [2.75, 3.05) is 0 Å². The van der Waals surface area contributed by atoms with E-state index < -0.39 is 29.1 Å². The molecule has 0 spiro atoms. The number of halogens is 5. The zero-order valence-corrected chi connectivity index (χ0v) is 18.3. The molecule has 0 N–H and O–H groups in total. The van der Waals surface area contributed by atoms with Crippen LogP contribution in [0.15, 0.2) is 42.5 Å². The van der Waals surface area contributed by atoms with Crippen LogP contribution in [0.1, 0.15) is 65.5 Å². The first-order valence-electron chi connectivity index (χ1n) is 11.1. The average molecular weight is 454 g/mol. The van der Waals surface area contributed by atoms with E-state index in [4.69, 9.17) is 0 Å². The van der Waals surface area contributed by atoms with Gasteiger partial charge in [-0.05, 0) is 91.1 Å². The van der Waals surface area contributed by atoms with E-state index in [1.165, 1.54) is 12.1 Å². The number of unbranched alkanes of at least 4 members (excludes halogenated alkanes) is 1. The third kappa shape index (κ3) is 5.11. The van der Waals surface area contributed by atoms with Gasteiger partial charge in [-0.25, -0.2) is 22.0 Å². The second kappa shape index (κ2) is 9.79. The molecule has 170 valence electrons. The van der Waals surface area contributed by atoms with Gasteiger partial charge in [0.1, 0.15) is 11.6 Å². The van der Waals surface area contributed by atoms with E-state index in [0.29, 0.717) is 36.8 Å². The standard InChI is InChI=1S/C28H23F5/c1-2-3-4-18-12-23(29)27(24(30)13-18)22-10-9-20-11-17(7-8-21(20)16-22)5-6-19-14-25(31)28(33)26(32)15-19/h7-8,11-15,22H,2-4,9-10,16H2,1H3. The Morgan fingerprint density at radius 3 is 2.12 bits per heavy atom. The number of hydrogen-bond acceptors (Lipinski definition) is 0. The summed E-state index contributed by atoms with van der Waals surface area (Å²) in [5.74, 6) is 0.217. The van der Waals surface area contributed by atoms with Gasteiger partial charge in [-0.15, -0.1) is 0 Å². The highest BCUT2D eigenvalue weighted by Crippen LogP contribution is 2.36. The molecular formula is C28H23F5. The Labute approximate surface area is 190 Å². The molecule has 0 radical (unpaired) electrons. The molecule has 0 fully saturated rings. The Morgan fingerprint density at radius 1 is 0.788 bits per heavy atom. The van der Waals surface area contributed by atoms with Gasteiger partial charge in [-0.3, -0.25) is 0 Å². The van der Waals surface area contributed by atoms with E-state index in [9.17, 15) is 22.0 Å². The van der Waals surface area contributed by atoms with Crippen LogP contribution in [0.4, 0.5) is 22.0 Å². The molecule has 0 amide bonds. The maximum absolute atomic E-state index is 14.8. The second-order valence-corrected chi connectivity index (χ2v) is 8.50. The Bertz CT molecular complexity index is 1200. The Morgan fingerprint density at radius 2 is 1.45 bits per heavy atom. The molecule has 1 unspecified atom stereocenters. The molecule has 0 heterocycles. The molecule has 4 rings (SSSR count). The highest BCUT2D eigenvalue weighted by atomic mass is 19.2. The van der Waals surface area contributed by atoms with Gasteiger partial charge in [-0.1, -0.05) is 31.3 Å². The summed E-state index contributed by atoms with van der Waals surface area (Å²) in [6.07, 6.45) is 4.31. The molecule has 1 aliphatic carbocycles. The smallest absolute Gasteiger partial charge is 0.194 e. The molecule has 0 aromatic heterocycles. The Hall–Kier alpha value is -3.13. The number of hydrogen-bond donors (Lipinski definition) is 0. The van der Waals surface area contributed by atoms with E-state index in [1.54, 1.807) is 6.07 Å². The monoisotopic (exact) mass is 454 g/mol. The van der Waals surface area contributed by atoms with Crippen LogP contribution in [0, 0.1) is 40.9 Å². The topological polar surface area (TPSA) is 0 Å². The van der Waals surface area contributed by atoms with Crippen molar-refractivity contribution in [3.63, 3.8) is 0 Å². The van der Waals surface area contributed by atoms with Crippen LogP contribution in [0.25, 0.3) is 0 Å². The first kappa shape index (κ1) is 23.0. The number of rotatable bonds is 4. The SMILES string of the molecule is CCCCc1cc(F)c(C2CCc3cc(C#Cc4cc(F)c(F)c(F)c4)ccc3C2)c(F)c1. The van der Waals surface area contributed by atoms with E-state index in [2.05, 4.69) is 11.8 Å². The minimum atomic E-state index is -1.52. The molecule has 0 saturated carbocycles. The van der Waals surface area contributed by atoms with Crippen molar-refractivity contribution in [1.82, 2.24) is 0 Å². The molecule has 1 aliphatic rings. The summed E-state index contributed by atoms with van der Waals surface area (Å²) in [7, 11) is 0. The van der Waals surface area contributed by atoms with Gasteiger partial charge in [0.2, 0.25) is 0 Å². The first-order chi connectivity index (χ1) is 15.9. The van der Waals surface area contributed by atoms with Crippen molar-refractivity contribution in [2.24, 2.45) is 0 Å². The molecule has 0 saturated heterocycles. The van der Waals surface area contributed by atoms with Gasteiger partial charge >= 0.3 is 0 Å². The quantitative estimate of drug-likeness (QED) is 0.219. The predicted octanol–water partition coefficient (Wildman–Crippen LogP) is 7.40. The van der Waals surface area contributed by atoms with Gasteiger partial charge in [0, 0.05) is 16.7 Å². The second-order valence-electron chi connectivity index (χ2n) is 8.50. The van der Waals surface area contributed by atoms with Crippen LogP contribution < -0.4 is 0 Å². The molecule has 1 atom stereocenters. The van der Waals surface area contributed by atoms with Crippen molar-refractivity contribution in [1.29, 1.82) is 0 Å². The molecule has 3 aromatic rings. The molecule has 0 aliphatic heterocycles. The maximum atomic E-state index is 14.8. The maximum Gasteiger partial charge on any atom is 0.194 e. The molecule has 0 nitrogen and oxygen atoms in total. The zero-order chi connectivity index (χ0) is 23.5. The van der Waals surface area contributed by atoms with Crippen molar-refractivity contribution in [3.05, 3.63) is 105 Å². The van der Waals surface area contributed by atoms with Crippen LogP contribution in [0.3, 0.4) is 0 Å². The van der Waals surface area contributed by atoms with Crippen molar-refractivity contribution >= 4 is 0 Å². The number of fused-ring (bicyclic) bond motifs is 1. The largest absolute Gasteiger partial charge is 0.207 e. The fourth-order valence-corrected chi connectivity index (χ4v) is 4.40. The van der Waals surface area contributed by atoms with Crippen LogP contribution in [0.5, 0.6) is 0 Å². The first-order valence-corrected chi connectivity index (χ1v) is 11.1.